The van der Waals surface area contributed by atoms with Crippen LogP contribution in [0.1, 0.15) is 57.3 Å². The number of nitrogens with one attached hydrogen (secondary N) is 2. The Hall–Kier alpha value is -4.74. The third kappa shape index (κ3) is 8.38. The molecule has 4 rings (SSSR count). The lowest BCUT2D eigenvalue weighted by atomic mass is 9.90. The van der Waals surface area contributed by atoms with E-state index in [0.29, 0.717) is 30.8 Å². The second kappa shape index (κ2) is 13.3. The van der Waals surface area contributed by atoms with E-state index in [9.17, 15) is 24.5 Å². The van der Waals surface area contributed by atoms with E-state index in [2.05, 4.69) is 15.5 Å². The zero-order valence-corrected chi connectivity index (χ0v) is 23.9. The maximum absolute atomic E-state index is 12.9. The van der Waals surface area contributed by atoms with Crippen molar-refractivity contribution in [2.75, 3.05) is 13.1 Å². The molecule has 2 unspecified atom stereocenters. The summed E-state index contributed by atoms with van der Waals surface area (Å²) in [5.74, 6) is 0.00208. The number of likely N-dealkylation sites (tertiary alicyclic amines) is 1. The van der Waals surface area contributed by atoms with Crippen LogP contribution in [0.15, 0.2) is 65.5 Å². The van der Waals surface area contributed by atoms with Gasteiger partial charge in [0, 0.05) is 25.2 Å². The Morgan fingerprint density at radius 3 is 2.55 bits per heavy atom. The summed E-state index contributed by atoms with van der Waals surface area (Å²) in [4.78, 5) is 50.6. The number of nitro benzene ring substituents is 1. The highest BCUT2D eigenvalue weighted by atomic mass is 16.6. The summed E-state index contributed by atoms with van der Waals surface area (Å²) >= 11 is 0. The predicted molar refractivity (Wildman–Crippen MR) is 155 cm³/mol. The Kier molecular flexibility index (Phi) is 9.56. The molecule has 1 aliphatic heterocycles. The number of hydrogen-bond acceptors (Lipinski definition) is 8. The van der Waals surface area contributed by atoms with Gasteiger partial charge in [0.15, 0.2) is 0 Å². The molecule has 2 atom stereocenters. The van der Waals surface area contributed by atoms with Crippen LogP contribution in [0.4, 0.5) is 15.3 Å². The van der Waals surface area contributed by atoms with Crippen LogP contribution in [-0.4, -0.2) is 50.9 Å². The Bertz CT molecular complexity index is 1450. The summed E-state index contributed by atoms with van der Waals surface area (Å²) in [6.45, 7) is 6.53. The van der Waals surface area contributed by atoms with Crippen molar-refractivity contribution in [1.29, 1.82) is 0 Å². The molecule has 2 amide bonds. The summed E-state index contributed by atoms with van der Waals surface area (Å²) in [5, 5.41) is 20.7. The van der Waals surface area contributed by atoms with Crippen LogP contribution in [0.25, 0.3) is 11.1 Å². The van der Waals surface area contributed by atoms with E-state index < -0.39 is 28.2 Å². The zero-order valence-electron chi connectivity index (χ0n) is 23.9. The molecule has 1 aromatic heterocycles. The molecule has 0 bridgehead atoms. The van der Waals surface area contributed by atoms with Crippen LogP contribution >= 0.6 is 0 Å². The second-order valence-electron chi connectivity index (χ2n) is 11.3. The lowest BCUT2D eigenvalue weighted by Crippen LogP contribution is -2.44. The topological polar surface area (TPSA) is 157 Å². The first-order chi connectivity index (χ1) is 20.0. The minimum atomic E-state index is -0.662. The molecule has 222 valence electrons. The number of aromatic nitrogens is 2. The summed E-state index contributed by atoms with van der Waals surface area (Å²) in [6.07, 6.45) is 0.950. The lowest BCUT2D eigenvalue weighted by Gasteiger charge is -2.35. The number of ether oxygens (including phenoxy) is 2. The van der Waals surface area contributed by atoms with E-state index in [-0.39, 0.29) is 29.9 Å². The number of nitrogens with zero attached hydrogens (tertiary/aromatic N) is 3. The molecular formula is C30H35N5O7. The molecule has 1 fully saturated rings. The first-order valence-corrected chi connectivity index (χ1v) is 13.8. The Labute approximate surface area is 243 Å². The molecule has 0 spiro atoms. The molecule has 2 aromatic carbocycles. The normalized spacial score (nSPS) is 15.9. The van der Waals surface area contributed by atoms with Crippen LogP contribution in [0.2, 0.25) is 0 Å². The van der Waals surface area contributed by atoms with E-state index in [1.807, 2.05) is 51.1 Å². The largest absolute Gasteiger partial charge is 0.445 e. The SMILES string of the molecule is CC(C)(C)OC(=O)N1CCCC(CC(NC(=O)OCc2ccccc2)c2cc(-c3ccc([N+](=O)[O-])cc3)c(=O)[nH]n2)C1. The van der Waals surface area contributed by atoms with Gasteiger partial charge in [0.1, 0.15) is 12.2 Å². The number of benzene rings is 2. The molecule has 42 heavy (non-hydrogen) atoms. The average Bonchev–Trinajstić information content (AvgIpc) is 2.96. The molecular weight excluding hydrogens is 542 g/mol. The third-order valence-corrected chi connectivity index (χ3v) is 6.81. The van der Waals surface area contributed by atoms with Gasteiger partial charge in [0.25, 0.3) is 11.2 Å². The number of hydrogen-bond donors (Lipinski definition) is 2. The van der Waals surface area contributed by atoms with Crippen molar-refractivity contribution >= 4 is 17.9 Å². The molecule has 12 nitrogen and oxygen atoms in total. The van der Waals surface area contributed by atoms with Gasteiger partial charge >= 0.3 is 12.2 Å². The molecule has 1 saturated heterocycles. The number of nitro groups is 1. The van der Waals surface area contributed by atoms with Crippen LogP contribution in [0.5, 0.6) is 0 Å². The van der Waals surface area contributed by atoms with Gasteiger partial charge in [-0.1, -0.05) is 30.3 Å². The minimum Gasteiger partial charge on any atom is -0.445 e. The molecule has 0 saturated carbocycles. The zero-order chi connectivity index (χ0) is 30.3. The van der Waals surface area contributed by atoms with Crippen LogP contribution < -0.4 is 10.9 Å². The summed E-state index contributed by atoms with van der Waals surface area (Å²) in [7, 11) is 0. The van der Waals surface area contributed by atoms with Gasteiger partial charge in [0.2, 0.25) is 0 Å². The summed E-state index contributed by atoms with van der Waals surface area (Å²) in [6, 6.07) is 15.8. The monoisotopic (exact) mass is 577 g/mol. The van der Waals surface area contributed by atoms with E-state index in [4.69, 9.17) is 9.47 Å². The number of rotatable bonds is 8. The van der Waals surface area contributed by atoms with Crippen molar-refractivity contribution in [1.82, 2.24) is 20.4 Å². The smallest absolute Gasteiger partial charge is 0.410 e. The molecule has 1 aliphatic rings. The van der Waals surface area contributed by atoms with E-state index >= 15 is 0 Å². The quantitative estimate of drug-likeness (QED) is 0.268. The van der Waals surface area contributed by atoms with Gasteiger partial charge in [-0.15, -0.1) is 0 Å². The van der Waals surface area contributed by atoms with Crippen molar-refractivity contribution in [3.05, 3.63) is 92.4 Å². The van der Waals surface area contributed by atoms with Gasteiger partial charge in [-0.2, -0.15) is 5.10 Å². The number of carbonyl (C=O) groups is 2. The fourth-order valence-corrected chi connectivity index (χ4v) is 4.82. The number of H-pyrrole nitrogens is 1. The fraction of sp³-hybridized carbons (Fsp3) is 0.400. The highest BCUT2D eigenvalue weighted by Crippen LogP contribution is 2.29. The molecule has 0 radical (unpaired) electrons. The number of non-ortho nitro benzene ring substituents is 1. The van der Waals surface area contributed by atoms with Gasteiger partial charge in [-0.05, 0) is 75.3 Å². The number of piperidine rings is 1. The second-order valence-corrected chi connectivity index (χ2v) is 11.3. The van der Waals surface area contributed by atoms with Crippen molar-refractivity contribution in [2.45, 2.75) is 58.3 Å². The van der Waals surface area contributed by atoms with E-state index in [1.54, 1.807) is 11.0 Å². The van der Waals surface area contributed by atoms with Crippen molar-refractivity contribution in [2.24, 2.45) is 5.92 Å². The van der Waals surface area contributed by atoms with Crippen LogP contribution in [0, 0.1) is 16.0 Å². The van der Waals surface area contributed by atoms with Crippen molar-refractivity contribution in [3.8, 4) is 11.1 Å². The number of amides is 2. The molecule has 0 aliphatic carbocycles. The predicted octanol–water partition coefficient (Wildman–Crippen LogP) is 5.35. The van der Waals surface area contributed by atoms with E-state index in [0.717, 1.165) is 18.4 Å². The highest BCUT2D eigenvalue weighted by molar-refractivity contribution is 5.69. The standard InChI is InChI=1S/C30H35N5O7/c1-30(2,3)42-29(38)34-15-7-10-21(18-34)16-25(31-28(37)41-19-20-8-5-4-6-9-20)26-17-24(27(36)33-32-26)22-11-13-23(14-12-22)35(39)40/h4-6,8-9,11-14,17,21,25H,7,10,15-16,18-19H2,1-3H3,(H,31,37)(H,33,36). The van der Waals surface area contributed by atoms with Gasteiger partial charge in [0.05, 0.1) is 22.2 Å². The van der Waals surface area contributed by atoms with Crippen molar-refractivity contribution < 1.29 is 24.0 Å². The molecule has 2 heterocycles. The highest BCUT2D eigenvalue weighted by Gasteiger charge is 2.31. The lowest BCUT2D eigenvalue weighted by molar-refractivity contribution is -0.384. The minimum absolute atomic E-state index is 0.00208. The summed E-state index contributed by atoms with van der Waals surface area (Å²) < 4.78 is 11.0. The number of alkyl carbamates (subject to hydrolysis) is 1. The molecule has 12 heteroatoms. The first-order valence-electron chi connectivity index (χ1n) is 13.8. The Morgan fingerprint density at radius 1 is 1.17 bits per heavy atom. The van der Waals surface area contributed by atoms with Gasteiger partial charge in [-0.25, -0.2) is 14.7 Å². The van der Waals surface area contributed by atoms with Gasteiger partial charge < -0.3 is 19.7 Å². The summed E-state index contributed by atoms with van der Waals surface area (Å²) in [5.41, 5.74) is 0.720. The Balaban J connectivity index is 1.56. The average molecular weight is 578 g/mol. The van der Waals surface area contributed by atoms with E-state index in [1.165, 1.54) is 24.3 Å². The third-order valence-electron chi connectivity index (χ3n) is 6.81. The maximum atomic E-state index is 12.9. The Morgan fingerprint density at radius 2 is 1.88 bits per heavy atom. The first kappa shape index (κ1) is 30.2. The fourth-order valence-electron chi connectivity index (χ4n) is 4.82. The van der Waals surface area contributed by atoms with Crippen molar-refractivity contribution in [3.63, 3.8) is 0 Å². The number of aromatic amines is 1. The van der Waals surface area contributed by atoms with Gasteiger partial charge in [-0.3, -0.25) is 14.9 Å². The van der Waals surface area contributed by atoms with Crippen LogP contribution in [0.3, 0.4) is 0 Å². The van der Waals surface area contributed by atoms with Crippen LogP contribution in [-0.2, 0) is 16.1 Å². The maximum Gasteiger partial charge on any atom is 0.410 e. The molecule has 2 N–H and O–H groups in total. The molecule has 3 aromatic rings. The number of carbonyl (C=O) groups excluding carboxylic acids is 2.